The Kier molecular flexibility index (Phi) is 4.66. The summed E-state index contributed by atoms with van der Waals surface area (Å²) in [5.74, 6) is -0.215. The minimum absolute atomic E-state index is 0.215. The van der Waals surface area contributed by atoms with E-state index in [1.807, 2.05) is 26.8 Å². The Hall–Kier alpha value is -0.930. The first-order valence-corrected chi connectivity index (χ1v) is 6.10. The van der Waals surface area contributed by atoms with Crippen molar-refractivity contribution in [3.8, 4) is 0 Å². The summed E-state index contributed by atoms with van der Waals surface area (Å²) in [5.41, 5.74) is 7.17. The molecule has 0 amide bonds. The van der Waals surface area contributed by atoms with Crippen molar-refractivity contribution in [3.63, 3.8) is 0 Å². The van der Waals surface area contributed by atoms with Crippen molar-refractivity contribution in [1.29, 1.82) is 0 Å². The summed E-state index contributed by atoms with van der Waals surface area (Å²) in [6.45, 7) is 8.29. The van der Waals surface area contributed by atoms with Gasteiger partial charge in [0.15, 0.2) is 0 Å². The van der Waals surface area contributed by atoms with Crippen molar-refractivity contribution < 1.29 is 9.13 Å². The van der Waals surface area contributed by atoms with Gasteiger partial charge in [-0.2, -0.15) is 0 Å². The zero-order chi connectivity index (χ0) is 13.1. The molecule has 0 radical (unpaired) electrons. The summed E-state index contributed by atoms with van der Waals surface area (Å²) in [6.07, 6.45) is 0.789. The molecule has 0 aromatic heterocycles. The molecule has 2 unspecified atom stereocenters. The van der Waals surface area contributed by atoms with Crippen molar-refractivity contribution in [2.45, 2.75) is 45.8 Å². The predicted octanol–water partition coefficient (Wildman–Crippen LogP) is 3.34. The number of aryl methyl sites for hydroxylation is 1. The zero-order valence-corrected chi connectivity index (χ0v) is 11.1. The van der Waals surface area contributed by atoms with E-state index in [2.05, 4.69) is 0 Å². The third kappa shape index (κ3) is 3.05. The first-order valence-electron chi connectivity index (χ1n) is 6.10. The second-order valence-corrected chi connectivity index (χ2v) is 4.59. The van der Waals surface area contributed by atoms with Gasteiger partial charge in [-0.1, -0.05) is 19.1 Å². The maximum atomic E-state index is 13.5. The fraction of sp³-hybridized carbons (Fsp3) is 0.571. The van der Waals surface area contributed by atoms with E-state index in [0.29, 0.717) is 12.2 Å². The molecule has 1 aromatic carbocycles. The second-order valence-electron chi connectivity index (χ2n) is 4.59. The molecule has 0 aliphatic carbocycles. The van der Waals surface area contributed by atoms with Crippen LogP contribution in [0, 0.1) is 12.7 Å². The van der Waals surface area contributed by atoms with Crippen molar-refractivity contribution >= 4 is 0 Å². The van der Waals surface area contributed by atoms with Crippen LogP contribution in [-0.2, 0) is 4.74 Å². The molecule has 2 N–H and O–H groups in total. The molecular formula is C14H22FNO. The van der Waals surface area contributed by atoms with Crippen LogP contribution in [0.15, 0.2) is 18.2 Å². The molecule has 0 heterocycles. The smallest absolute Gasteiger partial charge is 0.126 e. The molecule has 3 heteroatoms. The van der Waals surface area contributed by atoms with Crippen LogP contribution >= 0.6 is 0 Å². The van der Waals surface area contributed by atoms with Crippen LogP contribution in [0.2, 0.25) is 0 Å². The van der Waals surface area contributed by atoms with E-state index in [9.17, 15) is 4.39 Å². The van der Waals surface area contributed by atoms with E-state index in [-0.39, 0.29) is 11.9 Å². The summed E-state index contributed by atoms with van der Waals surface area (Å²) in [5, 5.41) is 0. The molecule has 17 heavy (non-hydrogen) atoms. The van der Waals surface area contributed by atoms with Crippen LogP contribution in [-0.4, -0.2) is 12.2 Å². The van der Waals surface area contributed by atoms with E-state index in [4.69, 9.17) is 10.5 Å². The monoisotopic (exact) mass is 239 g/mol. The topological polar surface area (TPSA) is 35.2 Å². The van der Waals surface area contributed by atoms with E-state index in [1.54, 1.807) is 13.0 Å². The quantitative estimate of drug-likeness (QED) is 0.855. The van der Waals surface area contributed by atoms with Gasteiger partial charge in [0.05, 0.1) is 11.6 Å². The lowest BCUT2D eigenvalue weighted by Crippen LogP contribution is -2.40. The molecule has 1 rings (SSSR count). The fourth-order valence-electron chi connectivity index (χ4n) is 1.90. The molecule has 0 spiro atoms. The molecule has 2 nitrogen and oxygen atoms in total. The van der Waals surface area contributed by atoms with E-state index < -0.39 is 5.60 Å². The lowest BCUT2D eigenvalue weighted by Gasteiger charge is -2.34. The summed E-state index contributed by atoms with van der Waals surface area (Å²) < 4.78 is 19.2. The number of halogens is 1. The van der Waals surface area contributed by atoms with E-state index >= 15 is 0 Å². The van der Waals surface area contributed by atoms with Crippen molar-refractivity contribution in [3.05, 3.63) is 35.1 Å². The van der Waals surface area contributed by atoms with Crippen LogP contribution < -0.4 is 5.73 Å². The normalized spacial score (nSPS) is 16.6. The lowest BCUT2D eigenvalue weighted by molar-refractivity contribution is -0.0473. The fourth-order valence-corrected chi connectivity index (χ4v) is 1.90. The first-order chi connectivity index (χ1) is 7.94. The lowest BCUT2D eigenvalue weighted by atomic mass is 9.88. The highest BCUT2D eigenvalue weighted by atomic mass is 19.1. The molecule has 0 aliphatic heterocycles. The van der Waals surface area contributed by atoms with Gasteiger partial charge in [-0.15, -0.1) is 0 Å². The molecular weight excluding hydrogens is 217 g/mol. The number of nitrogens with two attached hydrogens (primary N) is 1. The minimum Gasteiger partial charge on any atom is -0.374 e. The SMILES string of the molecule is CCOC(C)(CC)C(N)c1ccc(C)c(F)c1. The Bertz CT molecular complexity index is 380. The van der Waals surface area contributed by atoms with Gasteiger partial charge < -0.3 is 10.5 Å². The second kappa shape index (κ2) is 5.61. The van der Waals surface area contributed by atoms with Crippen molar-refractivity contribution in [2.75, 3.05) is 6.61 Å². The average Bonchev–Trinajstić information content (AvgIpc) is 2.32. The Morgan fingerprint density at radius 1 is 1.41 bits per heavy atom. The maximum Gasteiger partial charge on any atom is 0.126 e. The van der Waals surface area contributed by atoms with Crippen molar-refractivity contribution in [2.24, 2.45) is 5.73 Å². The average molecular weight is 239 g/mol. The highest BCUT2D eigenvalue weighted by Gasteiger charge is 2.31. The van der Waals surface area contributed by atoms with Gasteiger partial charge in [-0.25, -0.2) is 4.39 Å². The molecule has 96 valence electrons. The Balaban J connectivity index is 3.01. The molecule has 0 fully saturated rings. The largest absolute Gasteiger partial charge is 0.374 e. The van der Waals surface area contributed by atoms with Gasteiger partial charge in [0.1, 0.15) is 5.82 Å². The third-order valence-corrected chi connectivity index (χ3v) is 3.39. The summed E-state index contributed by atoms with van der Waals surface area (Å²) >= 11 is 0. The number of hydrogen-bond acceptors (Lipinski definition) is 2. The van der Waals surface area contributed by atoms with Crippen LogP contribution in [0.25, 0.3) is 0 Å². The molecule has 2 atom stereocenters. The summed E-state index contributed by atoms with van der Waals surface area (Å²) in [7, 11) is 0. The first kappa shape index (κ1) is 14.1. The van der Waals surface area contributed by atoms with Gasteiger partial charge >= 0.3 is 0 Å². The zero-order valence-electron chi connectivity index (χ0n) is 11.1. The molecule has 1 aromatic rings. The van der Waals surface area contributed by atoms with Gasteiger partial charge in [-0.3, -0.25) is 0 Å². The van der Waals surface area contributed by atoms with Crippen LogP contribution in [0.1, 0.15) is 44.4 Å². The van der Waals surface area contributed by atoms with E-state index in [1.165, 1.54) is 6.07 Å². The van der Waals surface area contributed by atoms with Crippen molar-refractivity contribution in [1.82, 2.24) is 0 Å². The van der Waals surface area contributed by atoms with Gasteiger partial charge in [0.25, 0.3) is 0 Å². The minimum atomic E-state index is -0.448. The summed E-state index contributed by atoms with van der Waals surface area (Å²) in [4.78, 5) is 0. The number of ether oxygens (including phenoxy) is 1. The Morgan fingerprint density at radius 3 is 2.53 bits per heavy atom. The third-order valence-electron chi connectivity index (χ3n) is 3.39. The highest BCUT2D eigenvalue weighted by molar-refractivity contribution is 5.27. The van der Waals surface area contributed by atoms with Gasteiger partial charge in [-0.05, 0) is 44.4 Å². The van der Waals surface area contributed by atoms with E-state index in [0.717, 1.165) is 12.0 Å². The molecule has 0 aliphatic rings. The summed E-state index contributed by atoms with van der Waals surface area (Å²) in [6, 6.07) is 4.82. The molecule has 0 saturated heterocycles. The maximum absolute atomic E-state index is 13.5. The number of hydrogen-bond donors (Lipinski definition) is 1. The van der Waals surface area contributed by atoms with Crippen LogP contribution in [0.4, 0.5) is 4.39 Å². The highest BCUT2D eigenvalue weighted by Crippen LogP contribution is 2.30. The van der Waals surface area contributed by atoms with Gasteiger partial charge in [0, 0.05) is 6.61 Å². The number of benzene rings is 1. The Labute approximate surface area is 103 Å². The van der Waals surface area contributed by atoms with Crippen LogP contribution in [0.5, 0.6) is 0 Å². The standard InChI is InChI=1S/C14H22FNO/c1-5-14(4,17-6-2)13(16)11-8-7-10(3)12(15)9-11/h7-9,13H,5-6,16H2,1-4H3. The molecule has 0 bridgehead atoms. The number of rotatable bonds is 5. The molecule has 0 saturated carbocycles. The predicted molar refractivity (Wildman–Crippen MR) is 68.4 cm³/mol. The van der Waals surface area contributed by atoms with Gasteiger partial charge in [0.2, 0.25) is 0 Å². The van der Waals surface area contributed by atoms with Crippen LogP contribution in [0.3, 0.4) is 0 Å². The Morgan fingerprint density at radius 2 is 2.06 bits per heavy atom.